The molecule has 0 bridgehead atoms. The van der Waals surface area contributed by atoms with Gasteiger partial charge in [-0.3, -0.25) is 9.59 Å². The van der Waals surface area contributed by atoms with Crippen molar-refractivity contribution < 1.29 is 19.0 Å². The van der Waals surface area contributed by atoms with Crippen molar-refractivity contribution in [2.45, 2.75) is 13.5 Å². The zero-order valence-corrected chi connectivity index (χ0v) is 15.6. The largest absolute Gasteiger partial charge is 0.495 e. The molecule has 0 aliphatic rings. The van der Waals surface area contributed by atoms with Crippen LogP contribution in [0.1, 0.15) is 5.69 Å². The molecule has 1 heterocycles. The van der Waals surface area contributed by atoms with Crippen molar-refractivity contribution in [2.75, 3.05) is 32.8 Å². The quantitative estimate of drug-likeness (QED) is 0.761. The van der Waals surface area contributed by atoms with Gasteiger partial charge in [-0.05, 0) is 25.1 Å². The second-order valence-corrected chi connectivity index (χ2v) is 5.87. The Morgan fingerprint density at radius 1 is 1.27 bits per heavy atom. The summed E-state index contributed by atoms with van der Waals surface area (Å²) < 4.78 is 17.4. The van der Waals surface area contributed by atoms with Crippen LogP contribution >= 0.6 is 11.6 Å². The summed E-state index contributed by atoms with van der Waals surface area (Å²) in [6.07, 6.45) is 1.67. The van der Waals surface area contributed by atoms with E-state index in [9.17, 15) is 9.59 Å². The summed E-state index contributed by atoms with van der Waals surface area (Å²) in [5.74, 6) is 0.251. The highest BCUT2D eigenvalue weighted by Crippen LogP contribution is 2.27. The van der Waals surface area contributed by atoms with Gasteiger partial charge < -0.3 is 24.1 Å². The normalized spacial score (nSPS) is 10.5. The van der Waals surface area contributed by atoms with Gasteiger partial charge in [-0.25, -0.2) is 0 Å². The lowest BCUT2D eigenvalue weighted by atomic mass is 10.3. The van der Waals surface area contributed by atoms with Gasteiger partial charge in [0.25, 0.3) is 5.91 Å². The van der Waals surface area contributed by atoms with Gasteiger partial charge in [0.15, 0.2) is 12.4 Å². The summed E-state index contributed by atoms with van der Waals surface area (Å²) >= 11 is 6.02. The van der Waals surface area contributed by atoms with E-state index in [-0.39, 0.29) is 17.8 Å². The number of nitrogens with one attached hydrogen (secondary N) is 1. The number of carbonyl (C=O) groups is 1. The highest BCUT2D eigenvalue weighted by molar-refractivity contribution is 6.32. The summed E-state index contributed by atoms with van der Waals surface area (Å²) in [5, 5.41) is 3.04. The number of aromatic nitrogens is 1. The Kier molecular flexibility index (Phi) is 7.06. The van der Waals surface area contributed by atoms with Crippen LogP contribution in [0.2, 0.25) is 5.02 Å². The molecular formula is C18H21ClN2O5. The molecule has 8 heteroatoms. The first-order chi connectivity index (χ1) is 12.5. The Morgan fingerprint density at radius 3 is 2.69 bits per heavy atom. The molecule has 0 atom stereocenters. The number of carbonyl (C=O) groups excluding carboxylic acids is 1. The standard InChI is InChI=1S/C18H21ClN2O5/c1-12-18(15(22)6-7-21(12)8-9-24-2)26-11-17(23)20-13-4-5-16(25-3)14(19)10-13/h4-7,10H,8-9,11H2,1-3H3,(H,20,23). The average molecular weight is 381 g/mol. The maximum Gasteiger partial charge on any atom is 0.262 e. The van der Waals surface area contributed by atoms with Crippen molar-refractivity contribution in [2.24, 2.45) is 0 Å². The zero-order chi connectivity index (χ0) is 19.1. The molecule has 7 nitrogen and oxygen atoms in total. The second kappa shape index (κ2) is 9.26. The summed E-state index contributed by atoms with van der Waals surface area (Å²) in [6.45, 7) is 2.54. The zero-order valence-electron chi connectivity index (χ0n) is 14.9. The van der Waals surface area contributed by atoms with Crippen molar-refractivity contribution in [1.29, 1.82) is 0 Å². The molecular weight excluding hydrogens is 360 g/mol. The number of halogens is 1. The molecule has 0 unspecified atom stereocenters. The van der Waals surface area contributed by atoms with E-state index in [1.165, 1.54) is 13.2 Å². The monoisotopic (exact) mass is 380 g/mol. The summed E-state index contributed by atoms with van der Waals surface area (Å²) in [4.78, 5) is 24.1. The van der Waals surface area contributed by atoms with Crippen molar-refractivity contribution in [1.82, 2.24) is 4.57 Å². The summed E-state index contributed by atoms with van der Waals surface area (Å²) in [5.41, 5.74) is 0.859. The number of benzene rings is 1. The molecule has 0 spiro atoms. The Bertz CT molecular complexity index is 835. The van der Waals surface area contributed by atoms with Gasteiger partial charge in [0.05, 0.1) is 24.4 Å². The minimum Gasteiger partial charge on any atom is -0.495 e. The van der Waals surface area contributed by atoms with Crippen LogP contribution in [0.15, 0.2) is 35.3 Å². The highest BCUT2D eigenvalue weighted by atomic mass is 35.5. The fourth-order valence-corrected chi connectivity index (χ4v) is 2.60. The lowest BCUT2D eigenvalue weighted by Gasteiger charge is -2.14. The first-order valence-corrected chi connectivity index (χ1v) is 8.29. The first kappa shape index (κ1) is 19.8. The fourth-order valence-electron chi connectivity index (χ4n) is 2.34. The molecule has 0 radical (unpaired) electrons. The number of nitrogens with zero attached hydrogens (tertiary/aromatic N) is 1. The molecule has 0 aliphatic heterocycles. The number of ether oxygens (including phenoxy) is 3. The van der Waals surface area contributed by atoms with Crippen LogP contribution in [-0.4, -0.2) is 37.9 Å². The molecule has 0 aliphatic carbocycles. The number of anilines is 1. The van der Waals surface area contributed by atoms with Gasteiger partial charge in [0, 0.05) is 31.6 Å². The third kappa shape index (κ3) is 5.00. The molecule has 2 rings (SSSR count). The van der Waals surface area contributed by atoms with Crippen LogP contribution in [0, 0.1) is 6.92 Å². The van der Waals surface area contributed by atoms with E-state index in [2.05, 4.69) is 5.32 Å². The van der Waals surface area contributed by atoms with Crippen LogP contribution in [0.25, 0.3) is 0 Å². The molecule has 1 aromatic heterocycles. The van der Waals surface area contributed by atoms with E-state index in [0.29, 0.717) is 35.3 Å². The molecule has 0 saturated carbocycles. The van der Waals surface area contributed by atoms with E-state index in [1.54, 1.807) is 38.4 Å². The van der Waals surface area contributed by atoms with Crippen molar-refractivity contribution in [3.8, 4) is 11.5 Å². The van der Waals surface area contributed by atoms with Gasteiger partial charge in [0.2, 0.25) is 5.43 Å². The average Bonchev–Trinajstić information content (AvgIpc) is 2.61. The Balaban J connectivity index is 2.03. The SMILES string of the molecule is COCCn1ccc(=O)c(OCC(=O)Nc2ccc(OC)c(Cl)c2)c1C. The molecule has 140 valence electrons. The smallest absolute Gasteiger partial charge is 0.262 e. The number of rotatable bonds is 8. The van der Waals surface area contributed by atoms with Crippen LogP contribution in [0.3, 0.4) is 0 Å². The molecule has 1 N–H and O–H groups in total. The van der Waals surface area contributed by atoms with Gasteiger partial charge in [0.1, 0.15) is 5.75 Å². The van der Waals surface area contributed by atoms with Crippen molar-refractivity contribution >= 4 is 23.2 Å². The van der Waals surface area contributed by atoms with Crippen molar-refractivity contribution in [3.63, 3.8) is 0 Å². The molecule has 1 aromatic carbocycles. The molecule has 0 saturated heterocycles. The van der Waals surface area contributed by atoms with Gasteiger partial charge in [-0.2, -0.15) is 0 Å². The maximum absolute atomic E-state index is 12.1. The lowest BCUT2D eigenvalue weighted by Crippen LogP contribution is -2.24. The predicted molar refractivity (Wildman–Crippen MR) is 99.4 cm³/mol. The van der Waals surface area contributed by atoms with Crippen LogP contribution < -0.4 is 20.2 Å². The molecule has 2 aromatic rings. The highest BCUT2D eigenvalue weighted by Gasteiger charge is 2.12. The van der Waals surface area contributed by atoms with E-state index >= 15 is 0 Å². The Morgan fingerprint density at radius 2 is 2.04 bits per heavy atom. The van der Waals surface area contributed by atoms with E-state index in [0.717, 1.165) is 0 Å². The first-order valence-electron chi connectivity index (χ1n) is 7.91. The fraction of sp³-hybridized carbons (Fsp3) is 0.333. The summed E-state index contributed by atoms with van der Waals surface area (Å²) in [7, 11) is 3.11. The summed E-state index contributed by atoms with van der Waals surface area (Å²) in [6, 6.07) is 6.28. The van der Waals surface area contributed by atoms with Crippen molar-refractivity contribution in [3.05, 3.63) is 51.4 Å². The van der Waals surface area contributed by atoms with E-state index in [4.69, 9.17) is 25.8 Å². The van der Waals surface area contributed by atoms with Gasteiger partial charge in [-0.1, -0.05) is 11.6 Å². The van der Waals surface area contributed by atoms with Crippen LogP contribution in [0.4, 0.5) is 5.69 Å². The minimum absolute atomic E-state index is 0.145. The maximum atomic E-state index is 12.1. The third-order valence-electron chi connectivity index (χ3n) is 3.71. The predicted octanol–water partition coefficient (Wildman–Crippen LogP) is 2.48. The second-order valence-electron chi connectivity index (χ2n) is 5.47. The third-order valence-corrected chi connectivity index (χ3v) is 4.00. The Labute approximate surface area is 156 Å². The Hall–Kier alpha value is -2.51. The van der Waals surface area contributed by atoms with E-state index < -0.39 is 5.91 Å². The topological polar surface area (TPSA) is 78.8 Å². The van der Waals surface area contributed by atoms with Crippen LogP contribution in [0.5, 0.6) is 11.5 Å². The number of hydrogen-bond acceptors (Lipinski definition) is 5. The molecule has 0 fully saturated rings. The number of pyridine rings is 1. The van der Waals surface area contributed by atoms with Crippen LogP contribution in [-0.2, 0) is 16.1 Å². The lowest BCUT2D eigenvalue weighted by molar-refractivity contribution is -0.118. The number of hydrogen-bond donors (Lipinski definition) is 1. The molecule has 26 heavy (non-hydrogen) atoms. The van der Waals surface area contributed by atoms with Gasteiger partial charge >= 0.3 is 0 Å². The number of methoxy groups -OCH3 is 2. The minimum atomic E-state index is -0.405. The van der Waals surface area contributed by atoms with Gasteiger partial charge in [-0.15, -0.1) is 0 Å². The molecule has 1 amide bonds. The van der Waals surface area contributed by atoms with E-state index in [1.807, 2.05) is 4.57 Å². The number of amides is 1.